The van der Waals surface area contributed by atoms with Crippen LogP contribution in [0.15, 0.2) is 0 Å². The molecule has 0 aliphatic heterocycles. The second-order valence-corrected chi connectivity index (χ2v) is 8.32. The summed E-state index contributed by atoms with van der Waals surface area (Å²) in [4.78, 5) is 0. The van der Waals surface area contributed by atoms with E-state index in [4.69, 9.17) is 4.74 Å². The van der Waals surface area contributed by atoms with Crippen LogP contribution in [-0.4, -0.2) is 11.7 Å². The van der Waals surface area contributed by atoms with Crippen LogP contribution in [0.2, 0.25) is 0 Å². The molecule has 5 aliphatic rings. The first-order valence-electron chi connectivity index (χ1n) is 7.61. The van der Waals surface area contributed by atoms with Gasteiger partial charge in [0.25, 0.3) is 0 Å². The lowest BCUT2D eigenvalue weighted by Crippen LogP contribution is -2.35. The minimum atomic E-state index is 0.0504. The highest BCUT2D eigenvalue weighted by Crippen LogP contribution is 2.83. The largest absolute Gasteiger partial charge is 0.372 e. The molecule has 6 bridgehead atoms. The van der Waals surface area contributed by atoms with Gasteiger partial charge in [-0.15, -0.1) is 0 Å². The Balaban J connectivity index is 1.67. The van der Waals surface area contributed by atoms with Gasteiger partial charge in [0.05, 0.1) is 11.7 Å². The highest BCUT2D eigenvalue weighted by atomic mass is 16.5. The minimum Gasteiger partial charge on any atom is -0.372 e. The predicted octanol–water partition coefficient (Wildman–Crippen LogP) is 3.87. The first-order chi connectivity index (χ1) is 7.93. The topological polar surface area (TPSA) is 9.23 Å². The van der Waals surface area contributed by atoms with Crippen molar-refractivity contribution in [2.75, 3.05) is 0 Å². The molecule has 0 aromatic carbocycles. The molecule has 5 fully saturated rings. The average molecular weight is 234 g/mol. The van der Waals surface area contributed by atoms with Crippen molar-refractivity contribution in [1.82, 2.24) is 0 Å². The number of hydrogen-bond donors (Lipinski definition) is 0. The average Bonchev–Trinajstić information content (AvgIpc) is 2.74. The molecular formula is C16H26O. The maximum atomic E-state index is 6.46. The Kier molecular flexibility index (Phi) is 1.86. The third-order valence-electron chi connectivity index (χ3n) is 6.34. The Hall–Kier alpha value is -0.0400. The second kappa shape index (κ2) is 2.92. The quantitative estimate of drug-likeness (QED) is 0.669. The highest BCUT2D eigenvalue weighted by molar-refractivity contribution is 5.29. The van der Waals surface area contributed by atoms with E-state index in [9.17, 15) is 0 Å². The van der Waals surface area contributed by atoms with Gasteiger partial charge < -0.3 is 4.74 Å². The summed E-state index contributed by atoms with van der Waals surface area (Å²) in [6.07, 6.45) is 6.55. The van der Waals surface area contributed by atoms with Crippen LogP contribution in [-0.2, 0) is 4.74 Å². The molecule has 5 rings (SSSR count). The van der Waals surface area contributed by atoms with Crippen molar-refractivity contribution < 1.29 is 4.74 Å². The fourth-order valence-electron chi connectivity index (χ4n) is 6.17. The van der Waals surface area contributed by atoms with Gasteiger partial charge >= 0.3 is 0 Å². The predicted molar refractivity (Wildman–Crippen MR) is 68.7 cm³/mol. The van der Waals surface area contributed by atoms with Gasteiger partial charge in [-0.05, 0) is 68.6 Å². The lowest BCUT2D eigenvalue weighted by Gasteiger charge is -2.34. The Bertz CT molecular complexity index is 355. The molecule has 0 amide bonds. The van der Waals surface area contributed by atoms with E-state index in [0.29, 0.717) is 11.5 Å². The summed E-state index contributed by atoms with van der Waals surface area (Å²) in [7, 11) is 0. The van der Waals surface area contributed by atoms with E-state index in [0.717, 1.165) is 29.6 Å². The Morgan fingerprint density at radius 2 is 1.82 bits per heavy atom. The van der Waals surface area contributed by atoms with Gasteiger partial charge in [-0.25, -0.2) is 0 Å². The molecule has 7 atom stereocenters. The van der Waals surface area contributed by atoms with Crippen molar-refractivity contribution >= 4 is 0 Å². The number of hydrogen-bond acceptors (Lipinski definition) is 1. The maximum absolute atomic E-state index is 6.46. The summed E-state index contributed by atoms with van der Waals surface area (Å²) in [5, 5.41) is 0. The first kappa shape index (κ1) is 10.8. The van der Waals surface area contributed by atoms with E-state index in [2.05, 4.69) is 27.7 Å². The Morgan fingerprint density at radius 1 is 1.06 bits per heavy atom. The van der Waals surface area contributed by atoms with Gasteiger partial charge in [-0.1, -0.05) is 19.8 Å². The molecule has 5 aliphatic carbocycles. The summed E-state index contributed by atoms with van der Waals surface area (Å²) >= 11 is 0. The molecule has 1 nitrogen and oxygen atoms in total. The molecule has 0 heterocycles. The van der Waals surface area contributed by atoms with Crippen molar-refractivity contribution in [3.63, 3.8) is 0 Å². The summed E-state index contributed by atoms with van der Waals surface area (Å²) < 4.78 is 6.46. The minimum absolute atomic E-state index is 0.0504. The van der Waals surface area contributed by atoms with Gasteiger partial charge in [0, 0.05) is 0 Å². The maximum Gasteiger partial charge on any atom is 0.0652 e. The van der Waals surface area contributed by atoms with Crippen LogP contribution in [0, 0.1) is 35.0 Å². The lowest BCUT2D eigenvalue weighted by molar-refractivity contribution is -0.0897. The van der Waals surface area contributed by atoms with Crippen molar-refractivity contribution in [2.24, 2.45) is 35.0 Å². The number of ether oxygens (including phenoxy) is 1. The fraction of sp³-hybridized carbons (Fsp3) is 1.00. The third-order valence-corrected chi connectivity index (χ3v) is 6.34. The van der Waals surface area contributed by atoms with Crippen LogP contribution in [0.25, 0.3) is 0 Å². The van der Waals surface area contributed by atoms with Crippen LogP contribution in [0.4, 0.5) is 0 Å². The van der Waals surface area contributed by atoms with E-state index in [1.54, 1.807) is 0 Å². The van der Waals surface area contributed by atoms with Gasteiger partial charge in [0.2, 0.25) is 0 Å². The zero-order valence-electron chi connectivity index (χ0n) is 11.7. The fourth-order valence-corrected chi connectivity index (χ4v) is 6.17. The summed E-state index contributed by atoms with van der Waals surface area (Å²) in [5.41, 5.74) is 0.710. The molecule has 1 heteroatoms. The van der Waals surface area contributed by atoms with E-state index in [-0.39, 0.29) is 5.60 Å². The van der Waals surface area contributed by atoms with Crippen molar-refractivity contribution in [1.29, 1.82) is 0 Å². The zero-order valence-corrected chi connectivity index (χ0v) is 11.7. The van der Waals surface area contributed by atoms with E-state index in [1.807, 2.05) is 0 Å². The third kappa shape index (κ3) is 1.20. The molecule has 0 aromatic rings. The second-order valence-electron chi connectivity index (χ2n) is 8.32. The standard InChI is InChI=1S/C16H26O/c1-15(2,3)17-14-11-10-9-7-5-6-8-16(4,12(9)14)13(10)11/h9-14H,5-8H2,1-4H3/t9-,10+,11-,12-,13+,14+,16-/m0/s1. The van der Waals surface area contributed by atoms with Crippen molar-refractivity contribution in [3.05, 3.63) is 0 Å². The van der Waals surface area contributed by atoms with Crippen LogP contribution in [0.5, 0.6) is 0 Å². The highest BCUT2D eigenvalue weighted by Gasteiger charge is 2.82. The monoisotopic (exact) mass is 234 g/mol. The molecule has 17 heavy (non-hydrogen) atoms. The number of rotatable bonds is 1. The van der Waals surface area contributed by atoms with E-state index >= 15 is 0 Å². The molecule has 0 radical (unpaired) electrons. The molecule has 0 aromatic heterocycles. The molecule has 0 N–H and O–H groups in total. The van der Waals surface area contributed by atoms with E-state index in [1.165, 1.54) is 25.7 Å². The Labute approximate surface area is 105 Å². The lowest BCUT2D eigenvalue weighted by atomic mass is 9.75. The summed E-state index contributed by atoms with van der Waals surface area (Å²) in [6, 6.07) is 0. The van der Waals surface area contributed by atoms with E-state index < -0.39 is 0 Å². The molecule has 0 saturated heterocycles. The van der Waals surface area contributed by atoms with Gasteiger partial charge in [-0.3, -0.25) is 0 Å². The molecule has 0 unspecified atom stereocenters. The first-order valence-corrected chi connectivity index (χ1v) is 7.61. The summed E-state index contributed by atoms with van der Waals surface area (Å²) in [6.45, 7) is 9.27. The van der Waals surface area contributed by atoms with Gasteiger partial charge in [0.1, 0.15) is 0 Å². The zero-order chi connectivity index (χ0) is 12.0. The molecular weight excluding hydrogens is 208 g/mol. The Morgan fingerprint density at radius 3 is 2.53 bits per heavy atom. The van der Waals surface area contributed by atoms with Crippen LogP contribution in [0.1, 0.15) is 53.4 Å². The smallest absolute Gasteiger partial charge is 0.0652 e. The molecule has 0 spiro atoms. The normalized spacial score (nSPS) is 59.3. The molecule has 5 saturated carbocycles. The SMILES string of the molecule is CC(C)(C)O[C@@H]1[C@H]2[C@H]3[C@@H]4CCCC[C@](C)([C@H]32)[C@@H]41. The van der Waals surface area contributed by atoms with Gasteiger partial charge in [-0.2, -0.15) is 0 Å². The molecule has 96 valence electrons. The van der Waals surface area contributed by atoms with Crippen molar-refractivity contribution in [3.8, 4) is 0 Å². The van der Waals surface area contributed by atoms with Crippen LogP contribution in [0.3, 0.4) is 0 Å². The van der Waals surface area contributed by atoms with Gasteiger partial charge in [0.15, 0.2) is 0 Å². The van der Waals surface area contributed by atoms with Crippen LogP contribution >= 0.6 is 0 Å². The summed E-state index contributed by atoms with van der Waals surface area (Å²) in [5.74, 6) is 5.00. The van der Waals surface area contributed by atoms with Crippen molar-refractivity contribution in [2.45, 2.75) is 65.1 Å². The van der Waals surface area contributed by atoms with Crippen LogP contribution < -0.4 is 0 Å².